The number of halogens is 1. The Balaban J connectivity index is 3.60. The van der Waals surface area contributed by atoms with Crippen LogP contribution in [-0.4, -0.2) is 17.4 Å². The predicted molar refractivity (Wildman–Crippen MR) is 114 cm³/mol. The third kappa shape index (κ3) is 18.5. The van der Waals surface area contributed by atoms with Crippen LogP contribution in [0.2, 0.25) is 0 Å². The van der Waals surface area contributed by atoms with Gasteiger partial charge in [-0.15, -0.1) is 0 Å². The second-order valence-electron chi connectivity index (χ2n) is 7.37. The lowest BCUT2D eigenvalue weighted by molar-refractivity contribution is -0.150. The number of carbonyl (C=O) groups excluding carboxylic acids is 1. The molecule has 0 bridgehead atoms. The summed E-state index contributed by atoms with van der Waals surface area (Å²) in [5.41, 5.74) is 0. The van der Waals surface area contributed by atoms with E-state index >= 15 is 0 Å². The summed E-state index contributed by atoms with van der Waals surface area (Å²) >= 11 is 3.43. The van der Waals surface area contributed by atoms with Gasteiger partial charge in [0.2, 0.25) is 0 Å². The van der Waals surface area contributed by atoms with E-state index in [2.05, 4.69) is 29.8 Å². The lowest BCUT2D eigenvalue weighted by Crippen LogP contribution is -2.18. The van der Waals surface area contributed by atoms with Gasteiger partial charge in [0.15, 0.2) is 0 Å². The number of rotatable bonds is 19. The maximum absolute atomic E-state index is 11.9. The van der Waals surface area contributed by atoms with Gasteiger partial charge in [0.1, 0.15) is 6.10 Å². The lowest BCUT2D eigenvalue weighted by Gasteiger charge is -2.17. The molecule has 1 atom stereocenters. The van der Waals surface area contributed by atoms with Crippen molar-refractivity contribution in [3.8, 4) is 0 Å². The third-order valence-corrected chi connectivity index (χ3v) is 5.36. The van der Waals surface area contributed by atoms with Crippen LogP contribution >= 0.6 is 15.9 Å². The van der Waals surface area contributed by atoms with E-state index in [-0.39, 0.29) is 12.1 Å². The first-order valence-corrected chi connectivity index (χ1v) is 12.1. The lowest BCUT2D eigenvalue weighted by atomic mass is 10.0. The highest BCUT2D eigenvalue weighted by molar-refractivity contribution is 9.09. The molecule has 0 aromatic carbocycles. The third-order valence-electron chi connectivity index (χ3n) is 4.80. The smallest absolute Gasteiger partial charge is 0.306 e. The standard InChI is InChI=1S/C22H43BrO2/c1-3-5-6-7-8-9-10-11-12-14-18-21(17-4-2)25-22(24)19-15-13-16-20-23/h21H,3-20H2,1-2H3. The molecular weight excluding hydrogens is 376 g/mol. The fourth-order valence-corrected chi connectivity index (χ4v) is 3.63. The first-order chi connectivity index (χ1) is 12.2. The Bertz CT molecular complexity index is 281. The minimum Gasteiger partial charge on any atom is -0.462 e. The summed E-state index contributed by atoms with van der Waals surface area (Å²) in [5.74, 6) is 0.0140. The molecule has 0 heterocycles. The Hall–Kier alpha value is -0.0500. The van der Waals surface area contributed by atoms with Crippen molar-refractivity contribution >= 4 is 21.9 Å². The number of hydrogen-bond donors (Lipinski definition) is 0. The van der Waals surface area contributed by atoms with Crippen molar-refractivity contribution < 1.29 is 9.53 Å². The van der Waals surface area contributed by atoms with Gasteiger partial charge in [-0.05, 0) is 32.1 Å². The molecule has 0 aliphatic rings. The van der Waals surface area contributed by atoms with Crippen molar-refractivity contribution in [2.75, 3.05) is 5.33 Å². The second kappa shape index (κ2) is 20.3. The van der Waals surface area contributed by atoms with Crippen LogP contribution in [0.15, 0.2) is 0 Å². The number of hydrogen-bond acceptors (Lipinski definition) is 2. The maximum atomic E-state index is 11.9. The van der Waals surface area contributed by atoms with Gasteiger partial charge in [0.25, 0.3) is 0 Å². The monoisotopic (exact) mass is 418 g/mol. The highest BCUT2D eigenvalue weighted by Gasteiger charge is 2.13. The zero-order valence-electron chi connectivity index (χ0n) is 17.0. The maximum Gasteiger partial charge on any atom is 0.306 e. The van der Waals surface area contributed by atoms with Crippen LogP contribution in [0.1, 0.15) is 123 Å². The summed E-state index contributed by atoms with van der Waals surface area (Å²) in [6, 6.07) is 0. The van der Waals surface area contributed by atoms with Gasteiger partial charge in [0, 0.05) is 11.8 Å². The highest BCUT2D eigenvalue weighted by atomic mass is 79.9. The predicted octanol–water partition coefficient (Wildman–Crippen LogP) is 7.96. The van der Waals surface area contributed by atoms with Gasteiger partial charge in [-0.3, -0.25) is 4.79 Å². The van der Waals surface area contributed by atoms with Crippen molar-refractivity contribution in [1.29, 1.82) is 0 Å². The van der Waals surface area contributed by atoms with Crippen LogP contribution in [0.3, 0.4) is 0 Å². The minimum absolute atomic E-state index is 0.0140. The molecule has 25 heavy (non-hydrogen) atoms. The first-order valence-electron chi connectivity index (χ1n) is 11.0. The van der Waals surface area contributed by atoms with E-state index < -0.39 is 0 Å². The fraction of sp³-hybridized carbons (Fsp3) is 0.955. The zero-order chi connectivity index (χ0) is 18.6. The van der Waals surface area contributed by atoms with Crippen molar-refractivity contribution in [1.82, 2.24) is 0 Å². The Morgan fingerprint density at radius 2 is 1.28 bits per heavy atom. The number of unbranched alkanes of at least 4 members (excludes halogenated alkanes) is 11. The van der Waals surface area contributed by atoms with Crippen molar-refractivity contribution in [3.63, 3.8) is 0 Å². The van der Waals surface area contributed by atoms with Crippen LogP contribution in [0.5, 0.6) is 0 Å². The molecule has 0 aromatic rings. The normalized spacial score (nSPS) is 12.3. The van der Waals surface area contributed by atoms with Crippen molar-refractivity contribution in [2.45, 2.75) is 129 Å². The van der Waals surface area contributed by atoms with Crippen LogP contribution in [0.25, 0.3) is 0 Å². The van der Waals surface area contributed by atoms with Crippen LogP contribution in [0, 0.1) is 0 Å². The van der Waals surface area contributed by atoms with Gasteiger partial charge in [-0.25, -0.2) is 0 Å². The number of alkyl halides is 1. The van der Waals surface area contributed by atoms with Gasteiger partial charge in [0.05, 0.1) is 0 Å². The van der Waals surface area contributed by atoms with Gasteiger partial charge in [-0.1, -0.05) is 100 Å². The highest BCUT2D eigenvalue weighted by Crippen LogP contribution is 2.16. The molecule has 0 fully saturated rings. The molecule has 0 rings (SSSR count). The molecule has 0 radical (unpaired) electrons. The Labute approximate surface area is 166 Å². The SMILES string of the molecule is CCCCCCCCCCCCC(CCC)OC(=O)CCCCCBr. The minimum atomic E-state index is 0.0140. The molecule has 3 heteroatoms. The summed E-state index contributed by atoms with van der Waals surface area (Å²) in [6.07, 6.45) is 20.7. The molecule has 1 unspecified atom stereocenters. The summed E-state index contributed by atoms with van der Waals surface area (Å²) in [6.45, 7) is 4.45. The average Bonchev–Trinajstić information content (AvgIpc) is 2.60. The topological polar surface area (TPSA) is 26.3 Å². The van der Waals surface area contributed by atoms with Crippen molar-refractivity contribution in [2.24, 2.45) is 0 Å². The summed E-state index contributed by atoms with van der Waals surface area (Å²) in [5, 5.41) is 1.03. The van der Waals surface area contributed by atoms with Crippen LogP contribution in [-0.2, 0) is 9.53 Å². The molecule has 0 saturated heterocycles. The Kier molecular flexibility index (Phi) is 20.2. The Morgan fingerprint density at radius 1 is 0.720 bits per heavy atom. The first kappa shape index (κ1) is 24.9. The summed E-state index contributed by atoms with van der Waals surface area (Å²) < 4.78 is 5.70. The van der Waals surface area contributed by atoms with Gasteiger partial charge >= 0.3 is 5.97 Å². The molecule has 150 valence electrons. The van der Waals surface area contributed by atoms with E-state index in [0.29, 0.717) is 6.42 Å². The van der Waals surface area contributed by atoms with Crippen LogP contribution in [0.4, 0.5) is 0 Å². The van der Waals surface area contributed by atoms with Crippen LogP contribution < -0.4 is 0 Å². The average molecular weight is 419 g/mol. The quantitative estimate of drug-likeness (QED) is 0.121. The second-order valence-corrected chi connectivity index (χ2v) is 8.16. The van der Waals surface area contributed by atoms with E-state index in [1.165, 1.54) is 64.2 Å². The molecule has 0 N–H and O–H groups in total. The van der Waals surface area contributed by atoms with Crippen molar-refractivity contribution in [3.05, 3.63) is 0 Å². The number of ether oxygens (including phenoxy) is 1. The molecule has 0 aliphatic carbocycles. The van der Waals surface area contributed by atoms with E-state index in [1.54, 1.807) is 0 Å². The fourth-order valence-electron chi connectivity index (χ4n) is 3.23. The largest absolute Gasteiger partial charge is 0.462 e. The molecule has 0 saturated carbocycles. The van der Waals surface area contributed by atoms with E-state index in [0.717, 1.165) is 43.9 Å². The van der Waals surface area contributed by atoms with Gasteiger partial charge < -0.3 is 4.74 Å². The summed E-state index contributed by atoms with van der Waals surface area (Å²) in [7, 11) is 0. The molecule has 0 aliphatic heterocycles. The molecular formula is C22H43BrO2. The van der Waals surface area contributed by atoms with E-state index in [9.17, 15) is 4.79 Å². The van der Waals surface area contributed by atoms with E-state index in [4.69, 9.17) is 4.74 Å². The molecule has 0 aromatic heterocycles. The summed E-state index contributed by atoms with van der Waals surface area (Å²) in [4.78, 5) is 11.9. The molecule has 2 nitrogen and oxygen atoms in total. The molecule has 0 amide bonds. The van der Waals surface area contributed by atoms with E-state index in [1.807, 2.05) is 0 Å². The number of esters is 1. The Morgan fingerprint density at radius 3 is 1.84 bits per heavy atom. The molecule has 0 spiro atoms. The van der Waals surface area contributed by atoms with Gasteiger partial charge in [-0.2, -0.15) is 0 Å². The number of carbonyl (C=O) groups is 1. The zero-order valence-corrected chi connectivity index (χ0v) is 18.6.